The van der Waals surface area contributed by atoms with E-state index in [1.54, 1.807) is 7.11 Å². The molecular weight excluding hydrogens is 258 g/mol. The van der Waals surface area contributed by atoms with E-state index in [-0.39, 0.29) is 6.10 Å². The van der Waals surface area contributed by atoms with Gasteiger partial charge in [-0.2, -0.15) is 0 Å². The van der Waals surface area contributed by atoms with Gasteiger partial charge in [0.05, 0.1) is 10.2 Å². The summed E-state index contributed by atoms with van der Waals surface area (Å²) in [5, 5.41) is 3.18. The highest BCUT2D eigenvalue weighted by Crippen LogP contribution is 2.25. The van der Waals surface area contributed by atoms with Crippen LogP contribution in [-0.2, 0) is 4.74 Å². The van der Waals surface area contributed by atoms with Crippen LogP contribution >= 0.6 is 15.9 Å². The molecule has 4 nitrogen and oxygen atoms in total. The van der Waals surface area contributed by atoms with E-state index in [4.69, 9.17) is 4.74 Å². The van der Waals surface area contributed by atoms with Gasteiger partial charge < -0.3 is 10.1 Å². The molecule has 15 heavy (non-hydrogen) atoms. The lowest BCUT2D eigenvalue weighted by Crippen LogP contribution is -2.09. The fourth-order valence-corrected chi connectivity index (χ4v) is 1.47. The lowest BCUT2D eigenvalue weighted by Gasteiger charge is -2.13. The van der Waals surface area contributed by atoms with E-state index in [2.05, 4.69) is 31.2 Å². The molecule has 1 aromatic rings. The Kier molecular flexibility index (Phi) is 4.47. The Bertz CT molecular complexity index is 344. The molecule has 1 unspecified atom stereocenters. The molecule has 0 aliphatic rings. The summed E-state index contributed by atoms with van der Waals surface area (Å²) < 4.78 is 6.11. The van der Waals surface area contributed by atoms with Gasteiger partial charge in [-0.1, -0.05) is 0 Å². The van der Waals surface area contributed by atoms with E-state index in [1.807, 2.05) is 20.8 Å². The maximum Gasteiger partial charge on any atom is 0.159 e. The molecule has 0 saturated heterocycles. The Labute approximate surface area is 98.6 Å². The first-order valence-corrected chi connectivity index (χ1v) is 5.70. The van der Waals surface area contributed by atoms with E-state index < -0.39 is 0 Å². The quantitative estimate of drug-likeness (QED) is 0.917. The second-order valence-electron chi connectivity index (χ2n) is 3.24. The van der Waals surface area contributed by atoms with Crippen LogP contribution in [0.2, 0.25) is 0 Å². The average Bonchev–Trinajstić information content (AvgIpc) is 2.23. The standard InChI is InChI=1S/C10H16BrN3O/c1-5-12-10-8(11)6(2)13-9(14-10)7(3)15-4/h7H,5H2,1-4H3,(H,12,13,14). The van der Waals surface area contributed by atoms with Crippen LogP contribution in [-0.4, -0.2) is 23.6 Å². The number of nitrogens with zero attached hydrogens (tertiary/aromatic N) is 2. The number of hydrogen-bond acceptors (Lipinski definition) is 4. The monoisotopic (exact) mass is 273 g/mol. The summed E-state index contributed by atoms with van der Waals surface area (Å²) in [4.78, 5) is 8.76. The number of halogens is 1. The van der Waals surface area contributed by atoms with Crippen LogP contribution in [0.1, 0.15) is 31.5 Å². The number of methoxy groups -OCH3 is 1. The number of nitrogens with one attached hydrogen (secondary N) is 1. The van der Waals surface area contributed by atoms with Crippen molar-refractivity contribution in [3.63, 3.8) is 0 Å². The molecule has 0 radical (unpaired) electrons. The third kappa shape index (κ3) is 2.89. The zero-order chi connectivity index (χ0) is 11.4. The normalized spacial score (nSPS) is 12.6. The summed E-state index contributed by atoms with van der Waals surface area (Å²) in [6, 6.07) is 0. The van der Waals surface area contributed by atoms with Crippen LogP contribution in [0.3, 0.4) is 0 Å². The van der Waals surface area contributed by atoms with Gasteiger partial charge in [-0.05, 0) is 36.7 Å². The van der Waals surface area contributed by atoms with E-state index in [1.165, 1.54) is 0 Å². The van der Waals surface area contributed by atoms with Crippen molar-refractivity contribution in [2.75, 3.05) is 19.0 Å². The summed E-state index contributed by atoms with van der Waals surface area (Å²) in [6.45, 7) is 6.73. The fraction of sp³-hybridized carbons (Fsp3) is 0.600. The number of ether oxygens (including phenoxy) is 1. The molecule has 5 heteroatoms. The highest BCUT2D eigenvalue weighted by atomic mass is 79.9. The Morgan fingerprint density at radius 1 is 1.47 bits per heavy atom. The lowest BCUT2D eigenvalue weighted by molar-refractivity contribution is 0.112. The van der Waals surface area contributed by atoms with Gasteiger partial charge in [-0.25, -0.2) is 9.97 Å². The Morgan fingerprint density at radius 3 is 2.67 bits per heavy atom. The van der Waals surface area contributed by atoms with Crippen molar-refractivity contribution in [2.24, 2.45) is 0 Å². The maximum atomic E-state index is 5.20. The van der Waals surface area contributed by atoms with Gasteiger partial charge in [-0.3, -0.25) is 0 Å². The van der Waals surface area contributed by atoms with Gasteiger partial charge in [0.15, 0.2) is 5.82 Å². The number of aromatic nitrogens is 2. The van der Waals surface area contributed by atoms with E-state index in [0.717, 1.165) is 22.5 Å². The molecular formula is C10H16BrN3O. The largest absolute Gasteiger partial charge is 0.374 e. The molecule has 1 N–H and O–H groups in total. The van der Waals surface area contributed by atoms with Gasteiger partial charge in [0.1, 0.15) is 11.9 Å². The summed E-state index contributed by atoms with van der Waals surface area (Å²) in [7, 11) is 1.65. The maximum absolute atomic E-state index is 5.20. The summed E-state index contributed by atoms with van der Waals surface area (Å²) in [5.41, 5.74) is 0.917. The van der Waals surface area contributed by atoms with Crippen molar-refractivity contribution < 1.29 is 4.74 Å². The molecule has 1 atom stereocenters. The van der Waals surface area contributed by atoms with Crippen molar-refractivity contribution in [2.45, 2.75) is 26.9 Å². The van der Waals surface area contributed by atoms with E-state index >= 15 is 0 Å². The van der Waals surface area contributed by atoms with Crippen molar-refractivity contribution in [3.05, 3.63) is 16.0 Å². The number of hydrogen-bond donors (Lipinski definition) is 1. The Balaban J connectivity index is 3.11. The molecule has 1 rings (SSSR count). The van der Waals surface area contributed by atoms with E-state index in [0.29, 0.717) is 5.82 Å². The molecule has 0 saturated carbocycles. The molecule has 0 amide bonds. The third-order valence-corrected chi connectivity index (χ3v) is 3.04. The highest BCUT2D eigenvalue weighted by Gasteiger charge is 2.13. The molecule has 0 aromatic carbocycles. The van der Waals surface area contributed by atoms with Crippen molar-refractivity contribution in [1.29, 1.82) is 0 Å². The Hall–Kier alpha value is -0.680. The van der Waals surface area contributed by atoms with Crippen LogP contribution < -0.4 is 5.32 Å². The second kappa shape index (κ2) is 5.42. The predicted octanol–water partition coefficient (Wildman–Crippen LogP) is 2.69. The first-order valence-electron chi connectivity index (χ1n) is 4.90. The lowest BCUT2D eigenvalue weighted by atomic mass is 10.3. The van der Waals surface area contributed by atoms with Gasteiger partial charge >= 0.3 is 0 Å². The minimum absolute atomic E-state index is 0.0887. The van der Waals surface area contributed by atoms with Crippen LogP contribution in [0.15, 0.2) is 4.47 Å². The first kappa shape index (κ1) is 12.4. The number of rotatable bonds is 4. The zero-order valence-electron chi connectivity index (χ0n) is 9.47. The van der Waals surface area contributed by atoms with Crippen molar-refractivity contribution in [1.82, 2.24) is 9.97 Å². The molecule has 0 aliphatic heterocycles. The second-order valence-corrected chi connectivity index (χ2v) is 4.03. The van der Waals surface area contributed by atoms with Crippen LogP contribution in [0.25, 0.3) is 0 Å². The zero-order valence-corrected chi connectivity index (χ0v) is 11.1. The van der Waals surface area contributed by atoms with Gasteiger partial charge in [0.2, 0.25) is 0 Å². The summed E-state index contributed by atoms with van der Waals surface area (Å²) >= 11 is 3.46. The molecule has 84 valence electrons. The SMILES string of the molecule is CCNc1nc(C(C)OC)nc(C)c1Br. The van der Waals surface area contributed by atoms with Gasteiger partial charge in [0.25, 0.3) is 0 Å². The smallest absolute Gasteiger partial charge is 0.159 e. The number of aryl methyl sites for hydroxylation is 1. The molecule has 0 fully saturated rings. The summed E-state index contributed by atoms with van der Waals surface area (Å²) in [5.74, 6) is 1.53. The van der Waals surface area contributed by atoms with Gasteiger partial charge in [-0.15, -0.1) is 0 Å². The predicted molar refractivity (Wildman–Crippen MR) is 64.1 cm³/mol. The molecule has 0 aliphatic carbocycles. The molecule has 1 aromatic heterocycles. The first-order chi connectivity index (χ1) is 7.10. The summed E-state index contributed by atoms with van der Waals surface area (Å²) in [6.07, 6.45) is -0.0887. The highest BCUT2D eigenvalue weighted by molar-refractivity contribution is 9.10. The van der Waals surface area contributed by atoms with Crippen LogP contribution in [0.5, 0.6) is 0 Å². The average molecular weight is 274 g/mol. The minimum Gasteiger partial charge on any atom is -0.374 e. The van der Waals surface area contributed by atoms with Gasteiger partial charge in [0, 0.05) is 13.7 Å². The third-order valence-electron chi connectivity index (χ3n) is 2.10. The van der Waals surface area contributed by atoms with Crippen molar-refractivity contribution >= 4 is 21.7 Å². The molecule has 0 spiro atoms. The topological polar surface area (TPSA) is 47.0 Å². The molecule has 0 bridgehead atoms. The Morgan fingerprint density at radius 2 is 2.13 bits per heavy atom. The fourth-order valence-electron chi connectivity index (χ4n) is 1.15. The minimum atomic E-state index is -0.0887. The number of anilines is 1. The van der Waals surface area contributed by atoms with Crippen LogP contribution in [0.4, 0.5) is 5.82 Å². The van der Waals surface area contributed by atoms with Crippen LogP contribution in [0, 0.1) is 6.92 Å². The van der Waals surface area contributed by atoms with Crippen molar-refractivity contribution in [3.8, 4) is 0 Å². The molecule has 1 heterocycles. The van der Waals surface area contributed by atoms with E-state index in [9.17, 15) is 0 Å².